The molecule has 0 saturated carbocycles. The van der Waals surface area contributed by atoms with Crippen LogP contribution < -0.4 is 5.32 Å². The molecule has 1 aromatic carbocycles. The molecule has 0 bridgehead atoms. The van der Waals surface area contributed by atoms with Crippen molar-refractivity contribution in [2.75, 3.05) is 13.1 Å². The van der Waals surface area contributed by atoms with Crippen LogP contribution in [0.1, 0.15) is 37.0 Å². The van der Waals surface area contributed by atoms with E-state index in [-0.39, 0.29) is 23.6 Å². The first-order valence-electron chi connectivity index (χ1n) is 6.98. The van der Waals surface area contributed by atoms with E-state index in [9.17, 15) is 13.6 Å². The Bertz CT molecular complexity index is 465. The summed E-state index contributed by atoms with van der Waals surface area (Å²) in [6.45, 7) is 5.33. The fraction of sp³-hybridized carbons (Fsp3) is 0.533. The summed E-state index contributed by atoms with van der Waals surface area (Å²) in [5.74, 6) is -1.78. The zero-order valence-corrected chi connectivity index (χ0v) is 11.8. The van der Waals surface area contributed by atoms with E-state index in [0.717, 1.165) is 37.6 Å². The van der Waals surface area contributed by atoms with Crippen LogP contribution >= 0.6 is 0 Å². The summed E-state index contributed by atoms with van der Waals surface area (Å²) in [5.41, 5.74) is 0.0641. The minimum atomic E-state index is -0.726. The van der Waals surface area contributed by atoms with Gasteiger partial charge in [-0.05, 0) is 45.4 Å². The number of nitrogens with zero attached hydrogens (tertiary/aromatic N) is 1. The zero-order chi connectivity index (χ0) is 14.7. The summed E-state index contributed by atoms with van der Waals surface area (Å²) in [6.07, 6.45) is 2.12. The minimum Gasteiger partial charge on any atom is -0.335 e. The van der Waals surface area contributed by atoms with Crippen LogP contribution in [0.2, 0.25) is 0 Å². The fourth-order valence-corrected chi connectivity index (χ4v) is 2.52. The third kappa shape index (κ3) is 3.54. The van der Waals surface area contributed by atoms with Crippen LogP contribution in [0.4, 0.5) is 8.78 Å². The van der Waals surface area contributed by atoms with Gasteiger partial charge in [-0.25, -0.2) is 8.78 Å². The van der Waals surface area contributed by atoms with Gasteiger partial charge in [-0.15, -0.1) is 0 Å². The van der Waals surface area contributed by atoms with E-state index in [1.165, 1.54) is 0 Å². The molecule has 110 valence electrons. The highest BCUT2D eigenvalue weighted by Crippen LogP contribution is 2.15. The van der Waals surface area contributed by atoms with Gasteiger partial charge in [0.1, 0.15) is 11.6 Å². The molecule has 1 fully saturated rings. The Morgan fingerprint density at radius 1 is 1.35 bits per heavy atom. The van der Waals surface area contributed by atoms with Crippen LogP contribution in [0, 0.1) is 11.6 Å². The Labute approximate surface area is 118 Å². The van der Waals surface area contributed by atoms with E-state index in [4.69, 9.17) is 0 Å². The molecule has 1 aliphatic heterocycles. The molecule has 3 nitrogen and oxygen atoms in total. The molecule has 1 unspecified atom stereocenters. The van der Waals surface area contributed by atoms with Crippen molar-refractivity contribution in [1.29, 1.82) is 0 Å². The SMILES string of the molecule is CC(C)N(CC1CCCN1)C(=O)c1cc(F)cc(F)c1. The molecular formula is C15H20F2N2O. The molecule has 1 aromatic rings. The predicted molar refractivity (Wildman–Crippen MR) is 73.6 cm³/mol. The number of hydrogen-bond acceptors (Lipinski definition) is 2. The lowest BCUT2D eigenvalue weighted by Crippen LogP contribution is -2.44. The fourth-order valence-electron chi connectivity index (χ4n) is 2.52. The average Bonchev–Trinajstić information content (AvgIpc) is 2.86. The second kappa shape index (κ2) is 6.31. The van der Waals surface area contributed by atoms with Crippen molar-refractivity contribution in [1.82, 2.24) is 10.2 Å². The van der Waals surface area contributed by atoms with Crippen LogP contribution in [0.3, 0.4) is 0 Å². The van der Waals surface area contributed by atoms with Gasteiger partial charge in [-0.1, -0.05) is 0 Å². The van der Waals surface area contributed by atoms with Crippen molar-refractivity contribution < 1.29 is 13.6 Å². The Balaban J connectivity index is 2.17. The zero-order valence-electron chi connectivity index (χ0n) is 11.8. The van der Waals surface area contributed by atoms with E-state index < -0.39 is 11.6 Å². The molecule has 1 amide bonds. The Morgan fingerprint density at radius 2 is 2.00 bits per heavy atom. The van der Waals surface area contributed by atoms with E-state index >= 15 is 0 Å². The first-order chi connectivity index (χ1) is 9.47. The Hall–Kier alpha value is -1.49. The molecule has 0 aliphatic carbocycles. The molecule has 1 N–H and O–H groups in total. The Kier molecular flexibility index (Phi) is 4.70. The quantitative estimate of drug-likeness (QED) is 0.920. The second-order valence-electron chi connectivity index (χ2n) is 5.50. The van der Waals surface area contributed by atoms with Gasteiger partial charge in [-0.2, -0.15) is 0 Å². The maximum atomic E-state index is 13.2. The number of hydrogen-bond donors (Lipinski definition) is 1. The molecule has 1 heterocycles. The van der Waals surface area contributed by atoms with Crippen molar-refractivity contribution in [3.8, 4) is 0 Å². The van der Waals surface area contributed by atoms with Crippen LogP contribution in [0.25, 0.3) is 0 Å². The molecule has 0 aromatic heterocycles. The van der Waals surface area contributed by atoms with Crippen molar-refractivity contribution >= 4 is 5.91 Å². The smallest absolute Gasteiger partial charge is 0.254 e. The van der Waals surface area contributed by atoms with Crippen molar-refractivity contribution in [2.45, 2.75) is 38.8 Å². The monoisotopic (exact) mass is 282 g/mol. The van der Waals surface area contributed by atoms with E-state index in [0.29, 0.717) is 6.54 Å². The highest BCUT2D eigenvalue weighted by molar-refractivity contribution is 5.94. The largest absolute Gasteiger partial charge is 0.335 e. The summed E-state index contributed by atoms with van der Waals surface area (Å²) < 4.78 is 26.5. The molecule has 1 atom stereocenters. The van der Waals surface area contributed by atoms with Crippen LogP contribution in [0.15, 0.2) is 18.2 Å². The lowest BCUT2D eigenvalue weighted by molar-refractivity contribution is 0.0688. The van der Waals surface area contributed by atoms with Crippen molar-refractivity contribution in [3.63, 3.8) is 0 Å². The van der Waals surface area contributed by atoms with Gasteiger partial charge in [-0.3, -0.25) is 4.79 Å². The summed E-state index contributed by atoms with van der Waals surface area (Å²) >= 11 is 0. The number of carbonyl (C=O) groups excluding carboxylic acids is 1. The van der Waals surface area contributed by atoms with E-state index in [2.05, 4.69) is 5.32 Å². The molecule has 0 spiro atoms. The molecular weight excluding hydrogens is 262 g/mol. The number of rotatable bonds is 4. The number of halogens is 2. The van der Waals surface area contributed by atoms with Crippen LogP contribution in [-0.2, 0) is 0 Å². The van der Waals surface area contributed by atoms with Gasteiger partial charge >= 0.3 is 0 Å². The van der Waals surface area contributed by atoms with E-state index in [1.54, 1.807) is 4.90 Å². The lowest BCUT2D eigenvalue weighted by Gasteiger charge is -2.29. The molecule has 1 saturated heterocycles. The molecule has 2 rings (SSSR count). The summed E-state index contributed by atoms with van der Waals surface area (Å²) in [5, 5.41) is 3.33. The predicted octanol–water partition coefficient (Wildman–Crippen LogP) is 2.57. The summed E-state index contributed by atoms with van der Waals surface area (Å²) in [7, 11) is 0. The summed E-state index contributed by atoms with van der Waals surface area (Å²) in [6, 6.07) is 3.19. The number of carbonyl (C=O) groups is 1. The maximum absolute atomic E-state index is 13.2. The van der Waals surface area contributed by atoms with Gasteiger partial charge < -0.3 is 10.2 Å². The standard InChI is InChI=1S/C15H20F2N2O/c1-10(2)19(9-14-4-3-5-18-14)15(20)11-6-12(16)8-13(17)7-11/h6-8,10,14,18H,3-5,9H2,1-2H3. The van der Waals surface area contributed by atoms with Crippen molar-refractivity contribution in [2.24, 2.45) is 0 Å². The van der Waals surface area contributed by atoms with Crippen molar-refractivity contribution in [3.05, 3.63) is 35.4 Å². The average molecular weight is 282 g/mol. The van der Waals surface area contributed by atoms with Gasteiger partial charge in [0, 0.05) is 30.3 Å². The van der Waals surface area contributed by atoms with Crippen LogP contribution in [-0.4, -0.2) is 36.0 Å². The second-order valence-corrected chi connectivity index (χ2v) is 5.50. The van der Waals surface area contributed by atoms with Gasteiger partial charge in [0.05, 0.1) is 0 Å². The number of amides is 1. The number of benzene rings is 1. The van der Waals surface area contributed by atoms with Crippen LogP contribution in [0.5, 0.6) is 0 Å². The van der Waals surface area contributed by atoms with Gasteiger partial charge in [0.25, 0.3) is 5.91 Å². The van der Waals surface area contributed by atoms with Gasteiger partial charge in [0.15, 0.2) is 0 Å². The molecule has 20 heavy (non-hydrogen) atoms. The number of nitrogens with one attached hydrogen (secondary N) is 1. The minimum absolute atomic E-state index is 0.0174. The topological polar surface area (TPSA) is 32.3 Å². The summed E-state index contributed by atoms with van der Waals surface area (Å²) in [4.78, 5) is 14.1. The lowest BCUT2D eigenvalue weighted by atomic mass is 10.1. The third-order valence-corrected chi connectivity index (χ3v) is 3.57. The Morgan fingerprint density at radius 3 is 2.50 bits per heavy atom. The molecule has 5 heteroatoms. The van der Waals surface area contributed by atoms with Gasteiger partial charge in [0.2, 0.25) is 0 Å². The first-order valence-corrected chi connectivity index (χ1v) is 6.98. The molecule has 1 aliphatic rings. The normalized spacial score (nSPS) is 18.6. The highest BCUT2D eigenvalue weighted by atomic mass is 19.1. The first kappa shape index (κ1) is 14.9. The highest BCUT2D eigenvalue weighted by Gasteiger charge is 2.25. The third-order valence-electron chi connectivity index (χ3n) is 3.57. The molecule has 0 radical (unpaired) electrons. The van der Waals surface area contributed by atoms with E-state index in [1.807, 2.05) is 13.8 Å². The maximum Gasteiger partial charge on any atom is 0.254 e.